The molecule has 3 rings (SSSR count). The van der Waals surface area contributed by atoms with Gasteiger partial charge in [-0.15, -0.1) is 0 Å². The summed E-state index contributed by atoms with van der Waals surface area (Å²) in [5.41, 5.74) is 4.20. The first-order chi connectivity index (χ1) is 14.4. The van der Waals surface area contributed by atoms with Gasteiger partial charge in [-0.1, -0.05) is 0 Å². The second kappa shape index (κ2) is 9.56. The van der Waals surface area contributed by atoms with Crippen molar-refractivity contribution in [1.82, 2.24) is 4.98 Å². The summed E-state index contributed by atoms with van der Waals surface area (Å²) in [5, 5.41) is 25.3. The molecule has 0 aliphatic rings. The van der Waals surface area contributed by atoms with Gasteiger partial charge in [-0.3, -0.25) is 25.7 Å². The molecule has 0 aliphatic carbocycles. The van der Waals surface area contributed by atoms with Gasteiger partial charge in [-0.25, -0.2) is 4.98 Å². The highest BCUT2D eigenvalue weighted by molar-refractivity contribution is 9.10. The number of hydrazone groups is 1. The third-order valence-corrected chi connectivity index (χ3v) is 4.47. The predicted molar refractivity (Wildman–Crippen MR) is 114 cm³/mol. The van der Waals surface area contributed by atoms with Crippen LogP contribution in [0.2, 0.25) is 0 Å². The van der Waals surface area contributed by atoms with Crippen molar-refractivity contribution in [3.05, 3.63) is 96.6 Å². The van der Waals surface area contributed by atoms with E-state index in [-0.39, 0.29) is 18.0 Å². The smallest absolute Gasteiger partial charge is 0.287 e. The maximum Gasteiger partial charge on any atom is 0.287 e. The number of benzene rings is 2. The maximum absolute atomic E-state index is 10.7. The van der Waals surface area contributed by atoms with Crippen molar-refractivity contribution >= 4 is 39.3 Å². The van der Waals surface area contributed by atoms with E-state index in [2.05, 4.69) is 31.4 Å². The molecule has 0 spiro atoms. The Morgan fingerprint density at radius 1 is 1.03 bits per heavy atom. The van der Waals surface area contributed by atoms with E-state index >= 15 is 0 Å². The van der Waals surface area contributed by atoms with E-state index in [1.165, 1.54) is 24.3 Å². The molecular formula is C19H14BrN5O5. The van der Waals surface area contributed by atoms with E-state index in [1.54, 1.807) is 36.5 Å². The summed E-state index contributed by atoms with van der Waals surface area (Å²) >= 11 is 3.44. The SMILES string of the molecule is O=[N+]([O-])c1ccc(COc2ccc(/C=N/Nc3ccc([N+](=O)[O-])cn3)cc2Br)cc1. The average Bonchev–Trinajstić information content (AvgIpc) is 2.74. The number of aromatic nitrogens is 1. The van der Waals surface area contributed by atoms with Crippen molar-refractivity contribution in [2.24, 2.45) is 5.10 Å². The molecule has 11 heteroatoms. The molecule has 0 fully saturated rings. The summed E-state index contributed by atoms with van der Waals surface area (Å²) in [6.07, 6.45) is 2.71. The third-order valence-electron chi connectivity index (χ3n) is 3.85. The molecule has 0 atom stereocenters. The highest BCUT2D eigenvalue weighted by Crippen LogP contribution is 2.26. The number of non-ortho nitro benzene ring substituents is 1. The van der Waals surface area contributed by atoms with Crippen LogP contribution in [0.1, 0.15) is 11.1 Å². The molecule has 10 nitrogen and oxygen atoms in total. The number of pyridine rings is 1. The van der Waals surface area contributed by atoms with Crippen LogP contribution in [0.25, 0.3) is 0 Å². The molecule has 0 saturated heterocycles. The normalized spacial score (nSPS) is 10.7. The van der Waals surface area contributed by atoms with Crippen LogP contribution in [0.4, 0.5) is 17.2 Å². The molecule has 1 N–H and O–H groups in total. The van der Waals surface area contributed by atoms with Gasteiger partial charge in [-0.2, -0.15) is 5.10 Å². The van der Waals surface area contributed by atoms with Gasteiger partial charge in [0.25, 0.3) is 11.4 Å². The molecule has 152 valence electrons. The number of hydrogen-bond acceptors (Lipinski definition) is 8. The highest BCUT2D eigenvalue weighted by atomic mass is 79.9. The fourth-order valence-corrected chi connectivity index (χ4v) is 2.83. The van der Waals surface area contributed by atoms with E-state index in [0.717, 1.165) is 17.3 Å². The molecule has 30 heavy (non-hydrogen) atoms. The summed E-state index contributed by atoms with van der Waals surface area (Å²) in [5.74, 6) is 0.981. The summed E-state index contributed by atoms with van der Waals surface area (Å²) in [4.78, 5) is 24.2. The summed E-state index contributed by atoms with van der Waals surface area (Å²) in [6.45, 7) is 0.261. The fourth-order valence-electron chi connectivity index (χ4n) is 2.32. The molecule has 1 heterocycles. The molecule has 0 bridgehead atoms. The van der Waals surface area contributed by atoms with E-state index in [9.17, 15) is 20.2 Å². The molecule has 0 aliphatic heterocycles. The van der Waals surface area contributed by atoms with Crippen LogP contribution < -0.4 is 10.2 Å². The maximum atomic E-state index is 10.7. The second-order valence-electron chi connectivity index (χ2n) is 5.93. The van der Waals surface area contributed by atoms with Gasteiger partial charge in [-0.05, 0) is 63.5 Å². The number of nitrogens with one attached hydrogen (secondary N) is 1. The van der Waals surface area contributed by atoms with Gasteiger partial charge in [0, 0.05) is 18.2 Å². The average molecular weight is 472 g/mol. The quantitative estimate of drug-likeness (QED) is 0.286. The largest absolute Gasteiger partial charge is 0.488 e. The summed E-state index contributed by atoms with van der Waals surface area (Å²) in [7, 11) is 0. The Bertz CT molecular complexity index is 1090. The van der Waals surface area contributed by atoms with Gasteiger partial charge in [0.15, 0.2) is 0 Å². The Labute approximate surface area is 178 Å². The molecule has 2 aromatic carbocycles. The lowest BCUT2D eigenvalue weighted by Gasteiger charge is -2.09. The third kappa shape index (κ3) is 5.58. The number of anilines is 1. The van der Waals surface area contributed by atoms with Crippen LogP contribution in [0, 0.1) is 20.2 Å². The van der Waals surface area contributed by atoms with Gasteiger partial charge in [0.1, 0.15) is 24.4 Å². The Hall–Kier alpha value is -3.86. The minimum absolute atomic E-state index is 0.0288. The van der Waals surface area contributed by atoms with Crippen LogP contribution >= 0.6 is 15.9 Å². The zero-order valence-electron chi connectivity index (χ0n) is 15.3. The molecule has 0 unspecified atom stereocenters. The Kier molecular flexibility index (Phi) is 6.65. The number of nitrogens with zero attached hydrogens (tertiary/aromatic N) is 4. The predicted octanol–water partition coefficient (Wildman–Crippen LogP) is 4.69. The number of nitro groups is 2. The minimum Gasteiger partial charge on any atom is -0.488 e. The first-order valence-corrected chi connectivity index (χ1v) is 9.27. The first kappa shape index (κ1) is 20.9. The van der Waals surface area contributed by atoms with Crippen LogP contribution in [-0.2, 0) is 6.61 Å². The van der Waals surface area contributed by atoms with E-state index in [0.29, 0.717) is 16.0 Å². The van der Waals surface area contributed by atoms with E-state index < -0.39 is 9.85 Å². The van der Waals surface area contributed by atoms with Gasteiger partial charge >= 0.3 is 0 Å². The number of ether oxygens (including phenoxy) is 1. The molecule has 1 aromatic heterocycles. The standard InChI is InChI=1S/C19H14BrN5O5/c20-17-9-14(10-22-23-19-8-6-16(11-21-19)25(28)29)3-7-18(17)30-12-13-1-4-15(5-2-13)24(26)27/h1-11H,12H2,(H,21,23)/b22-10+. The Morgan fingerprint density at radius 3 is 2.33 bits per heavy atom. The van der Waals surface area contributed by atoms with Gasteiger partial charge in [0.05, 0.1) is 20.5 Å². The molecule has 0 amide bonds. The van der Waals surface area contributed by atoms with Crippen LogP contribution in [0.5, 0.6) is 5.75 Å². The van der Waals surface area contributed by atoms with Crippen LogP contribution in [-0.4, -0.2) is 21.0 Å². The van der Waals surface area contributed by atoms with Gasteiger partial charge in [0.2, 0.25) is 0 Å². The topological polar surface area (TPSA) is 133 Å². The number of halogens is 1. The lowest BCUT2D eigenvalue weighted by Crippen LogP contribution is -1.98. The number of hydrogen-bond donors (Lipinski definition) is 1. The molecule has 0 saturated carbocycles. The fraction of sp³-hybridized carbons (Fsp3) is 0.0526. The first-order valence-electron chi connectivity index (χ1n) is 8.47. The molecular weight excluding hydrogens is 458 g/mol. The molecule has 0 radical (unpaired) electrons. The zero-order chi connectivity index (χ0) is 21.5. The number of rotatable bonds is 8. The highest BCUT2D eigenvalue weighted by Gasteiger charge is 2.07. The van der Waals surface area contributed by atoms with Crippen molar-refractivity contribution in [2.75, 3.05) is 5.43 Å². The van der Waals surface area contributed by atoms with Crippen molar-refractivity contribution in [1.29, 1.82) is 0 Å². The Morgan fingerprint density at radius 2 is 1.73 bits per heavy atom. The van der Waals surface area contributed by atoms with Crippen molar-refractivity contribution in [2.45, 2.75) is 6.61 Å². The summed E-state index contributed by atoms with van der Waals surface area (Å²) in [6, 6.07) is 14.3. The lowest BCUT2D eigenvalue weighted by atomic mass is 10.2. The van der Waals surface area contributed by atoms with Crippen molar-refractivity contribution < 1.29 is 14.6 Å². The van der Waals surface area contributed by atoms with Crippen molar-refractivity contribution in [3.63, 3.8) is 0 Å². The number of nitro benzene ring substituents is 1. The monoisotopic (exact) mass is 471 g/mol. The summed E-state index contributed by atoms with van der Waals surface area (Å²) < 4.78 is 6.45. The van der Waals surface area contributed by atoms with Crippen molar-refractivity contribution in [3.8, 4) is 5.75 Å². The van der Waals surface area contributed by atoms with E-state index in [4.69, 9.17) is 4.74 Å². The van der Waals surface area contributed by atoms with E-state index in [1.807, 2.05) is 0 Å². The van der Waals surface area contributed by atoms with Gasteiger partial charge < -0.3 is 4.74 Å². The lowest BCUT2D eigenvalue weighted by molar-refractivity contribution is -0.385. The molecule has 3 aromatic rings. The van der Waals surface area contributed by atoms with Crippen LogP contribution in [0.15, 0.2) is 70.4 Å². The Balaban J connectivity index is 1.57. The van der Waals surface area contributed by atoms with Crippen LogP contribution in [0.3, 0.4) is 0 Å². The zero-order valence-corrected chi connectivity index (χ0v) is 16.9. The minimum atomic E-state index is -0.525. The second-order valence-corrected chi connectivity index (χ2v) is 6.79.